The van der Waals surface area contributed by atoms with Crippen LogP contribution in [0.3, 0.4) is 0 Å². The molecule has 7 heteroatoms. The van der Waals surface area contributed by atoms with Gasteiger partial charge in [0.05, 0.1) is 0 Å². The van der Waals surface area contributed by atoms with E-state index in [1.54, 1.807) is 0 Å². The Labute approximate surface area is 153 Å². The predicted molar refractivity (Wildman–Crippen MR) is 100 cm³/mol. The second kappa shape index (κ2) is 8.78. The van der Waals surface area contributed by atoms with Gasteiger partial charge in [-0.15, -0.1) is 10.2 Å². The van der Waals surface area contributed by atoms with Crippen LogP contribution >= 0.6 is 0 Å². The van der Waals surface area contributed by atoms with Crippen molar-refractivity contribution in [2.24, 2.45) is 12.0 Å². The van der Waals surface area contributed by atoms with Gasteiger partial charge in [-0.05, 0) is 43.9 Å². The van der Waals surface area contributed by atoms with Crippen molar-refractivity contribution in [3.63, 3.8) is 0 Å². The molecule has 0 saturated heterocycles. The van der Waals surface area contributed by atoms with E-state index in [1.807, 2.05) is 30.7 Å². The molecule has 0 spiro atoms. The van der Waals surface area contributed by atoms with E-state index in [1.165, 1.54) is 37.8 Å². The van der Waals surface area contributed by atoms with E-state index in [4.69, 9.17) is 0 Å². The molecule has 0 atom stereocenters. The molecule has 1 aliphatic rings. The highest BCUT2D eigenvalue weighted by Crippen LogP contribution is 2.17. The molecule has 1 aliphatic carbocycles. The van der Waals surface area contributed by atoms with E-state index in [-0.39, 0.29) is 5.82 Å². The topological polar surface area (TPSA) is 67.1 Å². The Morgan fingerprint density at radius 3 is 2.62 bits per heavy atom. The SMILES string of the molecule is Cc1nnc(CN=C(NCCc2ccc(F)cc2)NC2CCCC2)n1C. The van der Waals surface area contributed by atoms with Crippen molar-refractivity contribution in [3.05, 3.63) is 47.3 Å². The van der Waals surface area contributed by atoms with Gasteiger partial charge in [-0.2, -0.15) is 0 Å². The summed E-state index contributed by atoms with van der Waals surface area (Å²) in [6, 6.07) is 7.11. The molecule has 1 heterocycles. The van der Waals surface area contributed by atoms with Gasteiger partial charge in [0, 0.05) is 19.6 Å². The molecule has 2 aromatic rings. The number of rotatable bonds is 6. The average molecular weight is 358 g/mol. The smallest absolute Gasteiger partial charge is 0.191 e. The second-order valence-corrected chi connectivity index (χ2v) is 6.82. The number of aryl methyl sites for hydroxylation is 1. The van der Waals surface area contributed by atoms with Crippen molar-refractivity contribution in [2.45, 2.75) is 51.6 Å². The second-order valence-electron chi connectivity index (χ2n) is 6.82. The minimum absolute atomic E-state index is 0.203. The predicted octanol–water partition coefficient (Wildman–Crippen LogP) is 2.48. The number of aliphatic imine (C=N–C) groups is 1. The van der Waals surface area contributed by atoms with Gasteiger partial charge >= 0.3 is 0 Å². The zero-order valence-electron chi connectivity index (χ0n) is 15.5. The lowest BCUT2D eigenvalue weighted by molar-refractivity contribution is 0.609. The summed E-state index contributed by atoms with van der Waals surface area (Å²) in [5.74, 6) is 2.32. The first-order chi connectivity index (χ1) is 12.6. The summed E-state index contributed by atoms with van der Waals surface area (Å²) in [4.78, 5) is 4.69. The van der Waals surface area contributed by atoms with Crippen molar-refractivity contribution in [3.8, 4) is 0 Å². The molecular weight excluding hydrogens is 331 g/mol. The van der Waals surface area contributed by atoms with Crippen LogP contribution in [0, 0.1) is 12.7 Å². The Kier molecular flexibility index (Phi) is 6.20. The summed E-state index contributed by atoms with van der Waals surface area (Å²) in [5, 5.41) is 15.2. The quantitative estimate of drug-likeness (QED) is 0.615. The molecule has 6 nitrogen and oxygen atoms in total. The summed E-state index contributed by atoms with van der Waals surface area (Å²) < 4.78 is 15.0. The van der Waals surface area contributed by atoms with Crippen LogP contribution in [0.15, 0.2) is 29.3 Å². The fourth-order valence-corrected chi connectivity index (χ4v) is 3.13. The number of nitrogens with one attached hydrogen (secondary N) is 2. The Morgan fingerprint density at radius 1 is 1.23 bits per heavy atom. The number of hydrogen-bond donors (Lipinski definition) is 2. The first kappa shape index (κ1) is 18.4. The summed E-state index contributed by atoms with van der Waals surface area (Å²) in [7, 11) is 1.95. The summed E-state index contributed by atoms with van der Waals surface area (Å²) in [6.07, 6.45) is 5.71. The maximum Gasteiger partial charge on any atom is 0.191 e. The Bertz CT molecular complexity index is 731. The van der Waals surface area contributed by atoms with E-state index in [9.17, 15) is 4.39 Å². The van der Waals surface area contributed by atoms with Gasteiger partial charge in [0.15, 0.2) is 11.8 Å². The van der Waals surface area contributed by atoms with Gasteiger partial charge in [0.2, 0.25) is 0 Å². The number of halogens is 1. The zero-order valence-corrected chi connectivity index (χ0v) is 15.5. The third-order valence-electron chi connectivity index (χ3n) is 4.88. The van der Waals surface area contributed by atoms with Gasteiger partial charge in [-0.25, -0.2) is 9.38 Å². The van der Waals surface area contributed by atoms with Crippen molar-refractivity contribution in [1.29, 1.82) is 0 Å². The van der Waals surface area contributed by atoms with Crippen LogP contribution in [-0.4, -0.2) is 33.3 Å². The molecule has 0 aliphatic heterocycles. The minimum Gasteiger partial charge on any atom is -0.356 e. The van der Waals surface area contributed by atoms with Gasteiger partial charge < -0.3 is 15.2 Å². The van der Waals surface area contributed by atoms with Crippen LogP contribution in [0.4, 0.5) is 4.39 Å². The lowest BCUT2D eigenvalue weighted by atomic mass is 10.1. The first-order valence-corrected chi connectivity index (χ1v) is 9.26. The van der Waals surface area contributed by atoms with Crippen molar-refractivity contribution in [2.75, 3.05) is 6.54 Å². The van der Waals surface area contributed by atoms with Crippen molar-refractivity contribution < 1.29 is 4.39 Å². The van der Waals surface area contributed by atoms with Crippen LogP contribution in [0.1, 0.15) is 42.9 Å². The fraction of sp³-hybridized carbons (Fsp3) is 0.526. The van der Waals surface area contributed by atoms with Gasteiger partial charge in [0.25, 0.3) is 0 Å². The fourth-order valence-electron chi connectivity index (χ4n) is 3.13. The maximum atomic E-state index is 13.0. The molecule has 0 amide bonds. The van der Waals surface area contributed by atoms with E-state index in [0.29, 0.717) is 12.6 Å². The number of hydrogen-bond acceptors (Lipinski definition) is 3. The molecule has 1 aromatic carbocycles. The van der Waals surface area contributed by atoms with Crippen LogP contribution in [0.5, 0.6) is 0 Å². The molecule has 0 unspecified atom stereocenters. The highest BCUT2D eigenvalue weighted by molar-refractivity contribution is 5.80. The molecule has 0 radical (unpaired) electrons. The van der Waals surface area contributed by atoms with Gasteiger partial charge in [-0.1, -0.05) is 25.0 Å². The lowest BCUT2D eigenvalue weighted by Gasteiger charge is -2.17. The number of aromatic nitrogens is 3. The average Bonchev–Trinajstić information content (AvgIpc) is 3.25. The Morgan fingerprint density at radius 2 is 1.96 bits per heavy atom. The van der Waals surface area contributed by atoms with E-state index >= 15 is 0 Å². The summed E-state index contributed by atoms with van der Waals surface area (Å²) in [6.45, 7) is 3.15. The summed E-state index contributed by atoms with van der Waals surface area (Å²) >= 11 is 0. The maximum absolute atomic E-state index is 13.0. The van der Waals surface area contributed by atoms with E-state index in [0.717, 1.165) is 36.1 Å². The van der Waals surface area contributed by atoms with Crippen molar-refractivity contribution >= 4 is 5.96 Å². The number of nitrogens with zero attached hydrogens (tertiary/aromatic N) is 4. The molecule has 3 rings (SSSR count). The molecule has 26 heavy (non-hydrogen) atoms. The highest BCUT2D eigenvalue weighted by atomic mass is 19.1. The van der Waals surface area contributed by atoms with Crippen molar-refractivity contribution in [1.82, 2.24) is 25.4 Å². The number of benzene rings is 1. The Hall–Kier alpha value is -2.44. The molecule has 140 valence electrons. The lowest BCUT2D eigenvalue weighted by Crippen LogP contribution is -2.43. The van der Waals surface area contributed by atoms with Crippen LogP contribution in [0.2, 0.25) is 0 Å². The highest BCUT2D eigenvalue weighted by Gasteiger charge is 2.16. The largest absolute Gasteiger partial charge is 0.356 e. The van der Waals surface area contributed by atoms with Gasteiger partial charge in [0.1, 0.15) is 18.2 Å². The molecule has 1 fully saturated rings. The van der Waals surface area contributed by atoms with E-state index < -0.39 is 0 Å². The molecule has 1 aromatic heterocycles. The first-order valence-electron chi connectivity index (χ1n) is 9.26. The standard InChI is InChI=1S/C19H27FN6/c1-14-24-25-18(26(14)2)13-22-19(23-17-5-3-4-6-17)21-12-11-15-7-9-16(20)10-8-15/h7-10,17H,3-6,11-13H2,1-2H3,(H2,21,22,23). The zero-order chi connectivity index (χ0) is 18.4. The summed E-state index contributed by atoms with van der Waals surface area (Å²) in [5.41, 5.74) is 1.10. The molecule has 2 N–H and O–H groups in total. The Balaban J connectivity index is 1.59. The van der Waals surface area contributed by atoms with Crippen LogP contribution < -0.4 is 10.6 Å². The van der Waals surface area contributed by atoms with Crippen LogP contribution in [0.25, 0.3) is 0 Å². The van der Waals surface area contributed by atoms with E-state index in [2.05, 4.69) is 25.8 Å². The van der Waals surface area contributed by atoms with Crippen LogP contribution in [-0.2, 0) is 20.0 Å². The molecular formula is C19H27FN6. The molecule has 0 bridgehead atoms. The number of guanidine groups is 1. The third kappa shape index (κ3) is 5.03. The monoisotopic (exact) mass is 358 g/mol. The third-order valence-corrected chi connectivity index (χ3v) is 4.88. The minimum atomic E-state index is -0.203. The molecule has 1 saturated carbocycles. The normalized spacial score (nSPS) is 15.4. The van der Waals surface area contributed by atoms with Gasteiger partial charge in [-0.3, -0.25) is 0 Å².